The molecule has 5 heteroatoms. The van der Waals surface area contributed by atoms with E-state index in [0.717, 1.165) is 29.4 Å². The van der Waals surface area contributed by atoms with Crippen molar-refractivity contribution in [3.8, 4) is 5.75 Å². The smallest absolute Gasteiger partial charge is 0.341 e. The van der Waals surface area contributed by atoms with E-state index in [1.165, 1.54) is 7.11 Å². The zero-order valence-corrected chi connectivity index (χ0v) is 14.3. The van der Waals surface area contributed by atoms with Gasteiger partial charge < -0.3 is 14.6 Å². The largest absolute Gasteiger partial charge is 0.507 e. The topological polar surface area (TPSA) is 59.0 Å². The number of phenolic OH excluding ortho intramolecular Hbond substituents is 1. The lowest BCUT2D eigenvalue weighted by molar-refractivity contribution is -0.0705. The fraction of sp³-hybridized carbons (Fsp3) is 0.421. The van der Waals surface area contributed by atoms with Gasteiger partial charge in [-0.3, -0.25) is 4.90 Å². The minimum atomic E-state index is -0.525. The molecule has 0 amide bonds. The standard InChI is InChI=1S/C19H23NO4/c1-12-9-20(10-13(2)24-12)11-17-15-7-5-4-6-14(15)8-16(18(17)21)19(22)23-3/h4-8,12-13,21H,9-11H2,1-3H3. The first kappa shape index (κ1) is 16.7. The Labute approximate surface area is 141 Å². The number of methoxy groups -OCH3 is 1. The van der Waals surface area contributed by atoms with Crippen molar-refractivity contribution >= 4 is 16.7 Å². The highest BCUT2D eigenvalue weighted by molar-refractivity contribution is 6.00. The molecule has 0 aliphatic carbocycles. The van der Waals surface area contributed by atoms with Crippen molar-refractivity contribution in [1.29, 1.82) is 0 Å². The molecule has 3 rings (SSSR count). The average Bonchev–Trinajstić information content (AvgIpc) is 2.55. The summed E-state index contributed by atoms with van der Waals surface area (Å²) in [5, 5.41) is 12.6. The van der Waals surface area contributed by atoms with Crippen LogP contribution in [0.4, 0.5) is 0 Å². The van der Waals surface area contributed by atoms with Crippen LogP contribution in [0.25, 0.3) is 10.8 Å². The second-order valence-corrected chi connectivity index (χ2v) is 6.42. The summed E-state index contributed by atoms with van der Waals surface area (Å²) in [4.78, 5) is 14.3. The number of hydrogen-bond donors (Lipinski definition) is 1. The van der Waals surface area contributed by atoms with Gasteiger partial charge in [-0.2, -0.15) is 0 Å². The quantitative estimate of drug-likeness (QED) is 0.878. The molecule has 2 aromatic rings. The van der Waals surface area contributed by atoms with Crippen LogP contribution in [0.3, 0.4) is 0 Å². The zero-order chi connectivity index (χ0) is 17.3. The van der Waals surface area contributed by atoms with Gasteiger partial charge in [0.2, 0.25) is 0 Å². The van der Waals surface area contributed by atoms with Gasteiger partial charge in [0.15, 0.2) is 0 Å². The molecule has 2 atom stereocenters. The summed E-state index contributed by atoms with van der Waals surface area (Å²) < 4.78 is 10.6. The molecule has 1 aliphatic heterocycles. The van der Waals surface area contributed by atoms with Gasteiger partial charge in [0.1, 0.15) is 11.3 Å². The zero-order valence-electron chi connectivity index (χ0n) is 14.3. The number of carbonyl (C=O) groups is 1. The van der Waals surface area contributed by atoms with E-state index in [-0.39, 0.29) is 23.5 Å². The van der Waals surface area contributed by atoms with Crippen molar-refractivity contribution in [2.75, 3.05) is 20.2 Å². The molecule has 0 radical (unpaired) electrons. The monoisotopic (exact) mass is 329 g/mol. The van der Waals surface area contributed by atoms with E-state index in [1.807, 2.05) is 38.1 Å². The molecule has 1 aliphatic rings. The molecule has 1 heterocycles. The van der Waals surface area contributed by atoms with E-state index in [9.17, 15) is 9.90 Å². The third-order valence-corrected chi connectivity index (χ3v) is 4.41. The lowest BCUT2D eigenvalue weighted by Crippen LogP contribution is -2.44. The van der Waals surface area contributed by atoms with Crippen LogP contribution < -0.4 is 0 Å². The summed E-state index contributed by atoms with van der Waals surface area (Å²) in [6.07, 6.45) is 0.289. The SMILES string of the molecule is COC(=O)c1cc2ccccc2c(CN2CC(C)OC(C)C2)c1O. The Morgan fingerprint density at radius 3 is 2.62 bits per heavy atom. The third kappa shape index (κ3) is 3.23. The van der Waals surface area contributed by atoms with Gasteiger partial charge >= 0.3 is 5.97 Å². The molecular formula is C19H23NO4. The Hall–Kier alpha value is -2.11. The van der Waals surface area contributed by atoms with Crippen molar-refractivity contribution < 1.29 is 19.4 Å². The maximum atomic E-state index is 12.0. The molecule has 0 spiro atoms. The lowest BCUT2D eigenvalue weighted by Gasteiger charge is -2.35. The number of phenols is 1. The number of esters is 1. The molecule has 1 N–H and O–H groups in total. The van der Waals surface area contributed by atoms with Crippen LogP contribution in [0.5, 0.6) is 5.75 Å². The molecule has 5 nitrogen and oxygen atoms in total. The van der Waals surface area contributed by atoms with E-state index in [0.29, 0.717) is 6.54 Å². The Kier molecular flexibility index (Phi) is 4.73. The Bertz CT molecular complexity index is 748. The van der Waals surface area contributed by atoms with E-state index in [1.54, 1.807) is 6.07 Å². The third-order valence-electron chi connectivity index (χ3n) is 4.41. The van der Waals surface area contributed by atoms with Gasteiger partial charge in [0.25, 0.3) is 0 Å². The van der Waals surface area contributed by atoms with Crippen molar-refractivity contribution in [3.05, 3.63) is 41.5 Å². The van der Waals surface area contributed by atoms with Crippen molar-refractivity contribution in [3.63, 3.8) is 0 Å². The lowest BCUT2D eigenvalue weighted by atomic mass is 9.98. The number of fused-ring (bicyclic) bond motifs is 1. The first-order chi connectivity index (χ1) is 11.5. The van der Waals surface area contributed by atoms with Crippen molar-refractivity contribution in [1.82, 2.24) is 4.90 Å². The summed E-state index contributed by atoms with van der Waals surface area (Å²) in [6.45, 7) is 6.24. The summed E-state index contributed by atoms with van der Waals surface area (Å²) in [7, 11) is 1.32. The van der Waals surface area contributed by atoms with Gasteiger partial charge in [-0.1, -0.05) is 24.3 Å². The number of carbonyl (C=O) groups excluding carboxylic acids is 1. The molecule has 2 aromatic carbocycles. The Balaban J connectivity index is 2.05. The van der Waals surface area contributed by atoms with E-state index < -0.39 is 5.97 Å². The highest BCUT2D eigenvalue weighted by Crippen LogP contribution is 2.33. The predicted molar refractivity (Wildman–Crippen MR) is 92.2 cm³/mol. The van der Waals surface area contributed by atoms with E-state index in [2.05, 4.69) is 4.90 Å². The molecule has 24 heavy (non-hydrogen) atoms. The molecule has 1 fully saturated rings. The molecule has 1 saturated heterocycles. The van der Waals surface area contributed by atoms with Crippen molar-refractivity contribution in [2.45, 2.75) is 32.6 Å². The molecule has 128 valence electrons. The highest BCUT2D eigenvalue weighted by atomic mass is 16.5. The normalized spacial score (nSPS) is 21.8. The van der Waals surface area contributed by atoms with Gasteiger partial charge in [0, 0.05) is 25.2 Å². The molecule has 0 aromatic heterocycles. The van der Waals surface area contributed by atoms with Crippen LogP contribution in [0.1, 0.15) is 29.8 Å². The minimum Gasteiger partial charge on any atom is -0.507 e. The van der Waals surface area contributed by atoms with Crippen LogP contribution >= 0.6 is 0 Å². The van der Waals surface area contributed by atoms with Gasteiger partial charge in [-0.05, 0) is 30.7 Å². The van der Waals surface area contributed by atoms with Crippen LogP contribution in [-0.2, 0) is 16.0 Å². The molecule has 0 saturated carbocycles. The summed E-state index contributed by atoms with van der Waals surface area (Å²) in [5.41, 5.74) is 0.968. The summed E-state index contributed by atoms with van der Waals surface area (Å²) in [5.74, 6) is -0.518. The summed E-state index contributed by atoms with van der Waals surface area (Å²) in [6, 6.07) is 9.45. The van der Waals surface area contributed by atoms with Crippen molar-refractivity contribution in [2.24, 2.45) is 0 Å². The molecule has 2 unspecified atom stereocenters. The maximum absolute atomic E-state index is 12.0. The Morgan fingerprint density at radius 1 is 1.29 bits per heavy atom. The maximum Gasteiger partial charge on any atom is 0.341 e. The number of benzene rings is 2. The van der Waals surface area contributed by atoms with Crippen LogP contribution in [0.15, 0.2) is 30.3 Å². The molecular weight excluding hydrogens is 306 g/mol. The van der Waals surface area contributed by atoms with E-state index >= 15 is 0 Å². The highest BCUT2D eigenvalue weighted by Gasteiger charge is 2.25. The first-order valence-corrected chi connectivity index (χ1v) is 8.19. The number of ether oxygens (including phenoxy) is 2. The van der Waals surface area contributed by atoms with Gasteiger partial charge in [-0.15, -0.1) is 0 Å². The molecule has 0 bridgehead atoms. The van der Waals surface area contributed by atoms with Crippen LogP contribution in [0, 0.1) is 0 Å². The number of hydrogen-bond acceptors (Lipinski definition) is 5. The van der Waals surface area contributed by atoms with Crippen LogP contribution in [0.2, 0.25) is 0 Å². The number of aromatic hydroxyl groups is 1. The van der Waals surface area contributed by atoms with Crippen LogP contribution in [-0.4, -0.2) is 48.4 Å². The Morgan fingerprint density at radius 2 is 1.96 bits per heavy atom. The minimum absolute atomic E-state index is 0.00680. The fourth-order valence-corrected chi connectivity index (χ4v) is 3.47. The van der Waals surface area contributed by atoms with Gasteiger partial charge in [0.05, 0.1) is 19.3 Å². The fourth-order valence-electron chi connectivity index (χ4n) is 3.47. The summed E-state index contributed by atoms with van der Waals surface area (Å²) >= 11 is 0. The van der Waals surface area contributed by atoms with E-state index in [4.69, 9.17) is 9.47 Å². The predicted octanol–water partition coefficient (Wildman–Crippen LogP) is 2.94. The number of rotatable bonds is 3. The first-order valence-electron chi connectivity index (χ1n) is 8.19. The second kappa shape index (κ2) is 6.79. The van der Waals surface area contributed by atoms with Gasteiger partial charge in [-0.25, -0.2) is 4.79 Å². The number of morpholine rings is 1. The number of nitrogens with zero attached hydrogens (tertiary/aromatic N) is 1. The second-order valence-electron chi connectivity index (χ2n) is 6.42. The average molecular weight is 329 g/mol.